The molecule has 0 saturated carbocycles. The average Bonchev–Trinajstić information content (AvgIpc) is 2.87. The highest BCUT2D eigenvalue weighted by atomic mass is 79.9. The molecular formula is C17H16BrClN2O3. The molecule has 7 heteroatoms. The summed E-state index contributed by atoms with van der Waals surface area (Å²) in [5.41, 5.74) is 0.494. The molecule has 1 aromatic heterocycles. The fraction of sp³-hybridized carbons (Fsp3) is 0.294. The largest absolute Gasteiger partial charge is 0.444 e. The van der Waals surface area contributed by atoms with Crippen LogP contribution >= 0.6 is 27.5 Å². The van der Waals surface area contributed by atoms with Crippen molar-refractivity contribution >= 4 is 39.3 Å². The van der Waals surface area contributed by atoms with E-state index in [4.69, 9.17) is 16.0 Å². The van der Waals surface area contributed by atoms with Gasteiger partial charge in [0.2, 0.25) is 0 Å². The lowest BCUT2D eigenvalue weighted by Gasteiger charge is -2.22. The normalized spacial score (nSPS) is 15.2. The van der Waals surface area contributed by atoms with Crippen molar-refractivity contribution in [2.45, 2.75) is 6.42 Å². The molecule has 126 valence electrons. The third kappa shape index (κ3) is 3.65. The Hall–Kier alpha value is -1.79. The van der Waals surface area contributed by atoms with E-state index in [1.165, 1.54) is 0 Å². The standard InChI is InChI=1S/C17H16BrClN2O3/c18-15-7-6-14(24-15)17(23)21-9-3-8-20(10-11-21)16(22)12-4-1-2-5-13(12)19/h1-2,4-7H,3,8-11H2. The third-order valence-corrected chi connectivity index (χ3v) is 4.71. The Morgan fingerprint density at radius 3 is 2.25 bits per heavy atom. The van der Waals surface area contributed by atoms with Crippen LogP contribution in [0.2, 0.25) is 5.02 Å². The van der Waals surface area contributed by atoms with Crippen LogP contribution in [0.4, 0.5) is 0 Å². The summed E-state index contributed by atoms with van der Waals surface area (Å²) in [6.45, 7) is 2.12. The number of hydrogen-bond acceptors (Lipinski definition) is 3. The fourth-order valence-electron chi connectivity index (χ4n) is 2.71. The molecule has 0 unspecified atom stereocenters. The van der Waals surface area contributed by atoms with Crippen LogP contribution < -0.4 is 0 Å². The molecule has 0 bridgehead atoms. The molecule has 0 N–H and O–H groups in total. The van der Waals surface area contributed by atoms with Crippen LogP contribution in [0.3, 0.4) is 0 Å². The maximum atomic E-state index is 12.6. The molecule has 2 aromatic rings. The molecule has 5 nitrogen and oxygen atoms in total. The molecule has 24 heavy (non-hydrogen) atoms. The number of carbonyl (C=O) groups is 2. The molecule has 1 saturated heterocycles. The first-order valence-electron chi connectivity index (χ1n) is 7.64. The number of rotatable bonds is 2. The number of furan rings is 1. The van der Waals surface area contributed by atoms with Crippen molar-refractivity contribution in [3.8, 4) is 0 Å². The van der Waals surface area contributed by atoms with Crippen LogP contribution in [0.1, 0.15) is 27.3 Å². The lowest BCUT2D eigenvalue weighted by molar-refractivity contribution is 0.0699. The minimum absolute atomic E-state index is 0.101. The Morgan fingerprint density at radius 1 is 0.958 bits per heavy atom. The summed E-state index contributed by atoms with van der Waals surface area (Å²) in [6.07, 6.45) is 0.712. The number of halogens is 2. The second-order valence-corrected chi connectivity index (χ2v) is 6.71. The Morgan fingerprint density at radius 2 is 1.62 bits per heavy atom. The van der Waals surface area contributed by atoms with Gasteiger partial charge in [-0.15, -0.1) is 0 Å². The smallest absolute Gasteiger partial charge is 0.289 e. The molecule has 1 fully saturated rings. The maximum Gasteiger partial charge on any atom is 0.289 e. The van der Waals surface area contributed by atoms with E-state index in [1.807, 2.05) is 0 Å². The average molecular weight is 412 g/mol. The molecule has 2 amide bonds. The lowest BCUT2D eigenvalue weighted by atomic mass is 10.2. The molecule has 0 aliphatic carbocycles. The lowest BCUT2D eigenvalue weighted by Crippen LogP contribution is -2.37. The highest BCUT2D eigenvalue weighted by Gasteiger charge is 2.25. The summed E-state index contributed by atoms with van der Waals surface area (Å²) in [7, 11) is 0. The van der Waals surface area contributed by atoms with Crippen molar-refractivity contribution in [1.29, 1.82) is 0 Å². The Balaban J connectivity index is 1.68. The molecule has 1 aliphatic rings. The van der Waals surface area contributed by atoms with Gasteiger partial charge in [-0.05, 0) is 46.6 Å². The molecule has 0 spiro atoms. The first-order chi connectivity index (χ1) is 11.6. The molecule has 1 aliphatic heterocycles. The Kier molecular flexibility index (Phi) is 5.26. The van der Waals surface area contributed by atoms with Gasteiger partial charge in [-0.1, -0.05) is 23.7 Å². The minimum Gasteiger partial charge on any atom is -0.444 e. The monoisotopic (exact) mass is 410 g/mol. The van der Waals surface area contributed by atoms with Crippen molar-refractivity contribution in [2.75, 3.05) is 26.2 Å². The van der Waals surface area contributed by atoms with E-state index < -0.39 is 0 Å². The van der Waals surface area contributed by atoms with Crippen molar-refractivity contribution < 1.29 is 14.0 Å². The van der Waals surface area contributed by atoms with Crippen LogP contribution in [-0.2, 0) is 0 Å². The Labute approximate surface area is 153 Å². The van der Waals surface area contributed by atoms with Gasteiger partial charge in [0.05, 0.1) is 10.6 Å². The van der Waals surface area contributed by atoms with E-state index in [9.17, 15) is 9.59 Å². The molecule has 0 radical (unpaired) electrons. The predicted molar refractivity (Wildman–Crippen MR) is 94.3 cm³/mol. The first-order valence-corrected chi connectivity index (χ1v) is 8.82. The summed E-state index contributed by atoms with van der Waals surface area (Å²) in [5, 5.41) is 0.445. The SMILES string of the molecule is O=C(c1ccc(Br)o1)N1CCCN(C(=O)c2ccccc2Cl)CC1. The van der Waals surface area contributed by atoms with Crippen LogP contribution in [0.5, 0.6) is 0 Å². The number of carbonyl (C=O) groups excluding carboxylic acids is 2. The van der Waals surface area contributed by atoms with Gasteiger partial charge in [0.15, 0.2) is 10.4 Å². The van der Waals surface area contributed by atoms with Gasteiger partial charge in [0.25, 0.3) is 11.8 Å². The van der Waals surface area contributed by atoms with E-state index in [2.05, 4.69) is 15.9 Å². The summed E-state index contributed by atoms with van der Waals surface area (Å²) in [4.78, 5) is 28.5. The van der Waals surface area contributed by atoms with Gasteiger partial charge < -0.3 is 14.2 Å². The second-order valence-electron chi connectivity index (χ2n) is 5.52. The topological polar surface area (TPSA) is 53.8 Å². The second kappa shape index (κ2) is 7.40. The quantitative estimate of drug-likeness (QED) is 0.757. The zero-order valence-corrected chi connectivity index (χ0v) is 15.2. The summed E-state index contributed by atoms with van der Waals surface area (Å²) < 4.78 is 5.85. The summed E-state index contributed by atoms with van der Waals surface area (Å²) in [5.74, 6) is 0.0381. The van der Waals surface area contributed by atoms with Gasteiger partial charge in [0, 0.05) is 26.2 Å². The number of benzene rings is 1. The van der Waals surface area contributed by atoms with E-state index in [1.54, 1.807) is 46.2 Å². The molecule has 3 rings (SSSR count). The molecule has 1 aromatic carbocycles. The van der Waals surface area contributed by atoms with Gasteiger partial charge in [-0.2, -0.15) is 0 Å². The van der Waals surface area contributed by atoms with Gasteiger partial charge in [-0.3, -0.25) is 9.59 Å². The first kappa shape index (κ1) is 17.0. The third-order valence-electron chi connectivity index (χ3n) is 3.96. The van der Waals surface area contributed by atoms with Crippen molar-refractivity contribution in [2.24, 2.45) is 0 Å². The summed E-state index contributed by atoms with van der Waals surface area (Å²) >= 11 is 9.31. The molecule has 0 atom stereocenters. The Bertz CT molecular complexity index is 762. The van der Waals surface area contributed by atoms with Crippen LogP contribution in [0, 0.1) is 0 Å². The minimum atomic E-state index is -0.159. The van der Waals surface area contributed by atoms with Gasteiger partial charge >= 0.3 is 0 Å². The van der Waals surface area contributed by atoms with Gasteiger partial charge in [0.1, 0.15) is 0 Å². The summed E-state index contributed by atoms with van der Waals surface area (Å²) in [6, 6.07) is 10.4. The van der Waals surface area contributed by atoms with Crippen molar-refractivity contribution in [1.82, 2.24) is 9.80 Å². The van der Waals surface area contributed by atoms with Crippen LogP contribution in [0.25, 0.3) is 0 Å². The molecule has 2 heterocycles. The fourth-order valence-corrected chi connectivity index (χ4v) is 3.24. The number of hydrogen-bond donors (Lipinski definition) is 0. The van der Waals surface area contributed by atoms with Crippen molar-refractivity contribution in [3.05, 3.63) is 57.4 Å². The zero-order chi connectivity index (χ0) is 17.1. The molecular weight excluding hydrogens is 396 g/mol. The van der Waals surface area contributed by atoms with Crippen LogP contribution in [0.15, 0.2) is 45.5 Å². The van der Waals surface area contributed by atoms with Crippen LogP contribution in [-0.4, -0.2) is 47.8 Å². The number of amides is 2. The highest BCUT2D eigenvalue weighted by molar-refractivity contribution is 9.10. The van der Waals surface area contributed by atoms with Gasteiger partial charge in [-0.25, -0.2) is 0 Å². The highest BCUT2D eigenvalue weighted by Crippen LogP contribution is 2.20. The van der Waals surface area contributed by atoms with Crippen molar-refractivity contribution in [3.63, 3.8) is 0 Å². The maximum absolute atomic E-state index is 12.6. The van der Waals surface area contributed by atoms with E-state index >= 15 is 0 Å². The van der Waals surface area contributed by atoms with E-state index in [0.29, 0.717) is 53.6 Å². The zero-order valence-electron chi connectivity index (χ0n) is 12.9. The van der Waals surface area contributed by atoms with E-state index in [-0.39, 0.29) is 11.8 Å². The number of nitrogens with zero attached hydrogens (tertiary/aromatic N) is 2. The predicted octanol–water partition coefficient (Wildman–Crippen LogP) is 3.68. The van der Waals surface area contributed by atoms with E-state index in [0.717, 1.165) is 0 Å².